The molecule has 6 rings (SSSR count). The van der Waals surface area contributed by atoms with E-state index in [9.17, 15) is 9.90 Å². The molecule has 1 amide bonds. The summed E-state index contributed by atoms with van der Waals surface area (Å²) in [5.74, 6) is 1.95. The van der Waals surface area contributed by atoms with Crippen LogP contribution in [0.15, 0.2) is 49.1 Å². The lowest BCUT2D eigenvalue weighted by Crippen LogP contribution is -2.49. The number of fused-ring (bicyclic) bond motifs is 2. The molecule has 0 saturated carbocycles. The summed E-state index contributed by atoms with van der Waals surface area (Å²) >= 11 is 0. The number of aromatic hydroxyl groups is 1. The SMILES string of the molecule is C=CC(=O)N1CCN(c2nc(OCCN3CCC(C)CC3)nc3c2CCN(c2cc(O)cc4ccccc24)C3)CC1. The molecule has 0 bridgehead atoms. The summed E-state index contributed by atoms with van der Waals surface area (Å²) < 4.78 is 6.21. The maximum atomic E-state index is 12.2. The monoisotopic (exact) mass is 556 g/mol. The summed E-state index contributed by atoms with van der Waals surface area (Å²) in [6.07, 6.45) is 4.64. The number of aromatic nitrogens is 2. The van der Waals surface area contributed by atoms with Gasteiger partial charge in [-0.05, 0) is 55.8 Å². The number of phenols is 1. The Kier molecular flexibility index (Phi) is 7.96. The predicted octanol–water partition coefficient (Wildman–Crippen LogP) is 3.84. The Morgan fingerprint density at radius 2 is 1.83 bits per heavy atom. The summed E-state index contributed by atoms with van der Waals surface area (Å²) in [5, 5.41) is 12.6. The van der Waals surface area contributed by atoms with Gasteiger partial charge in [0.1, 0.15) is 18.2 Å². The lowest BCUT2D eigenvalue weighted by Gasteiger charge is -2.38. The zero-order chi connectivity index (χ0) is 28.3. The van der Waals surface area contributed by atoms with Crippen LogP contribution in [-0.2, 0) is 17.8 Å². The van der Waals surface area contributed by atoms with Gasteiger partial charge in [0.2, 0.25) is 5.91 Å². The third-order valence-corrected chi connectivity index (χ3v) is 8.77. The quantitative estimate of drug-likeness (QED) is 0.440. The van der Waals surface area contributed by atoms with Crippen molar-refractivity contribution in [2.45, 2.75) is 32.7 Å². The number of amides is 1. The molecule has 216 valence electrons. The highest BCUT2D eigenvalue weighted by Gasteiger charge is 2.29. The van der Waals surface area contributed by atoms with Crippen LogP contribution in [0.5, 0.6) is 11.8 Å². The number of carbonyl (C=O) groups excluding carboxylic acids is 1. The van der Waals surface area contributed by atoms with Crippen LogP contribution < -0.4 is 14.5 Å². The number of nitrogens with zero attached hydrogens (tertiary/aromatic N) is 6. The van der Waals surface area contributed by atoms with Gasteiger partial charge < -0.3 is 24.5 Å². The molecule has 3 aliphatic heterocycles. The number of hydrogen-bond acceptors (Lipinski definition) is 8. The predicted molar refractivity (Wildman–Crippen MR) is 162 cm³/mol. The number of piperidine rings is 1. The number of phenolic OH excluding ortho intramolecular Hbond substituents is 1. The Labute approximate surface area is 242 Å². The highest BCUT2D eigenvalue weighted by Crippen LogP contribution is 2.36. The van der Waals surface area contributed by atoms with E-state index in [4.69, 9.17) is 14.7 Å². The van der Waals surface area contributed by atoms with Crippen LogP contribution in [0, 0.1) is 5.92 Å². The fourth-order valence-corrected chi connectivity index (χ4v) is 6.28. The third kappa shape index (κ3) is 5.95. The molecule has 0 atom stereocenters. The van der Waals surface area contributed by atoms with Gasteiger partial charge in [0.25, 0.3) is 0 Å². The molecule has 1 N–H and O–H groups in total. The van der Waals surface area contributed by atoms with Crippen molar-refractivity contribution in [2.75, 3.05) is 68.8 Å². The molecule has 9 nitrogen and oxygen atoms in total. The summed E-state index contributed by atoms with van der Waals surface area (Å²) in [6, 6.07) is 12.2. The van der Waals surface area contributed by atoms with Crippen molar-refractivity contribution >= 4 is 28.2 Å². The first kappa shape index (κ1) is 27.3. The molecule has 2 aromatic carbocycles. The largest absolute Gasteiger partial charge is 0.508 e. The summed E-state index contributed by atoms with van der Waals surface area (Å²) in [7, 11) is 0. The van der Waals surface area contributed by atoms with Gasteiger partial charge in [-0.1, -0.05) is 37.8 Å². The van der Waals surface area contributed by atoms with Crippen LogP contribution in [0.2, 0.25) is 0 Å². The minimum Gasteiger partial charge on any atom is -0.508 e. The van der Waals surface area contributed by atoms with Crippen LogP contribution in [-0.4, -0.2) is 89.7 Å². The molecule has 2 saturated heterocycles. The normalized spacial score (nSPS) is 18.4. The van der Waals surface area contributed by atoms with E-state index in [1.807, 2.05) is 35.2 Å². The maximum absolute atomic E-state index is 12.2. The molecule has 0 aliphatic carbocycles. The smallest absolute Gasteiger partial charge is 0.318 e. The zero-order valence-electron chi connectivity index (χ0n) is 24.0. The van der Waals surface area contributed by atoms with E-state index in [1.54, 1.807) is 0 Å². The molecule has 0 radical (unpaired) electrons. The Morgan fingerprint density at radius 3 is 2.61 bits per heavy atom. The van der Waals surface area contributed by atoms with Crippen molar-refractivity contribution in [2.24, 2.45) is 5.92 Å². The second-order valence-corrected chi connectivity index (χ2v) is 11.5. The lowest BCUT2D eigenvalue weighted by atomic mass is 9.99. The van der Waals surface area contributed by atoms with Gasteiger partial charge in [-0.3, -0.25) is 9.69 Å². The van der Waals surface area contributed by atoms with Crippen LogP contribution in [0.4, 0.5) is 11.5 Å². The van der Waals surface area contributed by atoms with Crippen molar-refractivity contribution in [3.8, 4) is 11.8 Å². The highest BCUT2D eigenvalue weighted by molar-refractivity contribution is 5.95. The van der Waals surface area contributed by atoms with Crippen LogP contribution in [0.1, 0.15) is 31.0 Å². The molecule has 4 heterocycles. The van der Waals surface area contributed by atoms with Crippen molar-refractivity contribution in [1.82, 2.24) is 19.8 Å². The molecular weight excluding hydrogens is 516 g/mol. The van der Waals surface area contributed by atoms with Crippen LogP contribution >= 0.6 is 0 Å². The number of ether oxygens (including phenoxy) is 1. The molecule has 2 fully saturated rings. The van der Waals surface area contributed by atoms with Gasteiger partial charge >= 0.3 is 6.01 Å². The van der Waals surface area contributed by atoms with Crippen molar-refractivity contribution < 1.29 is 14.6 Å². The number of rotatable bonds is 7. The van der Waals surface area contributed by atoms with E-state index in [2.05, 4.69) is 34.3 Å². The highest BCUT2D eigenvalue weighted by atomic mass is 16.5. The van der Waals surface area contributed by atoms with Gasteiger partial charge in [0, 0.05) is 62.0 Å². The second-order valence-electron chi connectivity index (χ2n) is 11.5. The van der Waals surface area contributed by atoms with E-state index in [0.29, 0.717) is 45.3 Å². The number of piperazine rings is 1. The van der Waals surface area contributed by atoms with E-state index in [-0.39, 0.29) is 11.7 Å². The molecular formula is C32H40N6O3. The fourth-order valence-electron chi connectivity index (χ4n) is 6.28. The van der Waals surface area contributed by atoms with Crippen molar-refractivity contribution in [1.29, 1.82) is 0 Å². The summed E-state index contributed by atoms with van der Waals surface area (Å²) in [5.41, 5.74) is 3.11. The van der Waals surface area contributed by atoms with Crippen LogP contribution in [0.3, 0.4) is 0 Å². The molecule has 3 aromatic rings. The van der Waals surface area contributed by atoms with Crippen molar-refractivity contribution in [3.05, 3.63) is 60.3 Å². The first-order valence-electron chi connectivity index (χ1n) is 14.9. The lowest BCUT2D eigenvalue weighted by molar-refractivity contribution is -0.126. The third-order valence-electron chi connectivity index (χ3n) is 8.77. The average molecular weight is 557 g/mol. The Bertz CT molecular complexity index is 1410. The number of hydrogen-bond donors (Lipinski definition) is 1. The van der Waals surface area contributed by atoms with Gasteiger partial charge in [-0.2, -0.15) is 9.97 Å². The molecule has 9 heteroatoms. The van der Waals surface area contributed by atoms with Gasteiger partial charge in [-0.15, -0.1) is 0 Å². The molecule has 3 aliphatic rings. The Balaban J connectivity index is 1.26. The summed E-state index contributed by atoms with van der Waals surface area (Å²) in [6.45, 7) is 13.7. The minimum atomic E-state index is -0.0283. The maximum Gasteiger partial charge on any atom is 0.318 e. The molecule has 1 aromatic heterocycles. The first-order chi connectivity index (χ1) is 20.0. The minimum absolute atomic E-state index is 0.0283. The standard InChI is InChI=1S/C32H40N6O3/c1-3-30(40)36-14-16-37(17-15-36)31-27-10-13-38(29-21-25(39)20-24-6-4-5-7-26(24)29)22-28(27)33-32(34-31)41-19-18-35-11-8-23(2)9-12-35/h3-7,20-21,23,39H,1,8-19,22H2,2H3. The number of likely N-dealkylation sites (tertiary alicyclic amines) is 1. The summed E-state index contributed by atoms with van der Waals surface area (Å²) in [4.78, 5) is 30.9. The zero-order valence-corrected chi connectivity index (χ0v) is 24.0. The fraction of sp³-hybridized carbons (Fsp3) is 0.469. The van der Waals surface area contributed by atoms with Crippen LogP contribution in [0.25, 0.3) is 10.8 Å². The topological polar surface area (TPSA) is 85.3 Å². The van der Waals surface area contributed by atoms with Gasteiger partial charge in [0.05, 0.1) is 12.2 Å². The molecule has 0 spiro atoms. The van der Waals surface area contributed by atoms with Crippen molar-refractivity contribution in [3.63, 3.8) is 0 Å². The van der Waals surface area contributed by atoms with Gasteiger partial charge in [0.15, 0.2) is 0 Å². The van der Waals surface area contributed by atoms with E-state index < -0.39 is 0 Å². The number of benzene rings is 2. The van der Waals surface area contributed by atoms with E-state index in [0.717, 1.165) is 72.1 Å². The number of carbonyl (C=O) groups is 1. The first-order valence-corrected chi connectivity index (χ1v) is 14.9. The second kappa shape index (κ2) is 11.9. The number of anilines is 2. The average Bonchev–Trinajstić information content (AvgIpc) is 3.00. The Morgan fingerprint density at radius 1 is 1.05 bits per heavy atom. The van der Waals surface area contributed by atoms with E-state index >= 15 is 0 Å². The van der Waals surface area contributed by atoms with E-state index in [1.165, 1.54) is 18.9 Å². The molecule has 0 unspecified atom stereocenters. The molecule has 41 heavy (non-hydrogen) atoms. The Hall–Kier alpha value is -3.85. The van der Waals surface area contributed by atoms with Gasteiger partial charge in [-0.25, -0.2) is 0 Å².